The predicted molar refractivity (Wildman–Crippen MR) is 80.2 cm³/mol. The summed E-state index contributed by atoms with van der Waals surface area (Å²) in [6, 6.07) is 9.16. The number of nitrogens with one attached hydrogen (secondary N) is 2. The fourth-order valence-electron chi connectivity index (χ4n) is 2.26. The fourth-order valence-corrected chi connectivity index (χ4v) is 2.62. The highest BCUT2D eigenvalue weighted by Gasteiger charge is 2.37. The van der Waals surface area contributed by atoms with Crippen LogP contribution in [-0.2, 0) is 0 Å². The molecule has 1 aliphatic rings. The van der Waals surface area contributed by atoms with Crippen LogP contribution in [0.5, 0.6) is 0 Å². The quantitative estimate of drug-likeness (QED) is 0.603. The molecule has 2 aromatic rings. The van der Waals surface area contributed by atoms with Gasteiger partial charge in [-0.3, -0.25) is 10.6 Å². The van der Waals surface area contributed by atoms with Gasteiger partial charge >= 0.3 is 0 Å². The molecule has 0 spiro atoms. The number of rotatable bonds is 1. The lowest BCUT2D eigenvalue weighted by Crippen LogP contribution is -2.33. The van der Waals surface area contributed by atoms with Crippen LogP contribution in [-0.4, -0.2) is 14.1 Å². The first-order valence-electron chi connectivity index (χ1n) is 5.70. The molecule has 5 nitrogen and oxygen atoms in total. The lowest BCUT2D eigenvalue weighted by atomic mass is 9.99. The van der Waals surface area contributed by atoms with Gasteiger partial charge in [-0.25, -0.2) is 0 Å². The summed E-state index contributed by atoms with van der Waals surface area (Å²) in [5.74, 6) is 0. The lowest BCUT2D eigenvalue weighted by molar-refractivity contribution is 0.177. The second-order valence-electron chi connectivity index (χ2n) is 4.40. The van der Waals surface area contributed by atoms with Crippen molar-refractivity contribution in [3.05, 3.63) is 35.9 Å². The number of fused-ring (bicyclic) bond motifs is 3. The zero-order chi connectivity index (χ0) is 14.5. The summed E-state index contributed by atoms with van der Waals surface area (Å²) >= 11 is 17.3. The van der Waals surface area contributed by atoms with E-state index in [9.17, 15) is 10.3 Å². The Morgan fingerprint density at radius 2 is 1.90 bits per heavy atom. The van der Waals surface area contributed by atoms with Gasteiger partial charge in [-0.15, -0.1) is 5.53 Å². The van der Waals surface area contributed by atoms with E-state index in [4.69, 9.17) is 34.8 Å². The molecule has 1 unspecified atom stereocenters. The number of alkyl halides is 3. The average molecular weight is 335 g/mol. The number of aliphatic hydroxyl groups is 1. The first-order valence-corrected chi connectivity index (χ1v) is 6.84. The maximum atomic E-state index is 10.2. The molecule has 1 atom stereocenters. The van der Waals surface area contributed by atoms with Crippen LogP contribution in [0.3, 0.4) is 0 Å². The monoisotopic (exact) mass is 333 g/mol. The Hall–Kier alpha value is -0.950. The molecule has 0 radical (unpaired) electrons. The number of hydrazine groups is 2. The molecule has 20 heavy (non-hydrogen) atoms. The molecule has 3 rings (SSSR count). The third-order valence-electron chi connectivity index (χ3n) is 3.15. The smallest absolute Gasteiger partial charge is 0.220 e. The molecule has 0 aliphatic carbocycles. The fraction of sp³-hybridized carbons (Fsp3) is 0.167. The number of aliphatic hydroxyl groups excluding tert-OH is 1. The molecule has 0 fully saturated rings. The van der Waals surface area contributed by atoms with Crippen LogP contribution in [0.1, 0.15) is 11.7 Å². The van der Waals surface area contributed by atoms with Crippen molar-refractivity contribution in [3.8, 4) is 0 Å². The molecule has 0 aromatic heterocycles. The van der Waals surface area contributed by atoms with E-state index in [2.05, 4.69) is 11.0 Å². The Kier molecular flexibility index (Phi) is 3.36. The van der Waals surface area contributed by atoms with Crippen molar-refractivity contribution in [1.82, 2.24) is 5.53 Å². The largest absolute Gasteiger partial charge is 0.384 e. The Morgan fingerprint density at radius 3 is 2.60 bits per heavy atom. The minimum absolute atomic E-state index is 0.304. The molecule has 0 bridgehead atoms. The molecule has 0 amide bonds. The SMILES string of the molecule is OC(c1cc2ccccc2c2c1N(O)NN2)C(Cl)(Cl)Cl. The number of anilines is 2. The van der Waals surface area contributed by atoms with Gasteiger partial charge in [0.15, 0.2) is 0 Å². The number of hydrogen-bond acceptors (Lipinski definition) is 5. The van der Waals surface area contributed by atoms with E-state index in [1.807, 2.05) is 24.3 Å². The minimum Gasteiger partial charge on any atom is -0.384 e. The average Bonchev–Trinajstić information content (AvgIpc) is 2.79. The van der Waals surface area contributed by atoms with E-state index in [0.717, 1.165) is 15.9 Å². The van der Waals surface area contributed by atoms with E-state index in [-0.39, 0.29) is 0 Å². The molecule has 1 heterocycles. The second-order valence-corrected chi connectivity index (χ2v) is 6.77. The highest BCUT2D eigenvalue weighted by Crippen LogP contribution is 2.47. The van der Waals surface area contributed by atoms with Gasteiger partial charge in [0, 0.05) is 10.9 Å². The maximum absolute atomic E-state index is 10.2. The molecular weight excluding hydrogens is 325 g/mol. The standard InChI is InChI=1S/C12H10Cl3N3O2/c13-12(14,15)11(19)8-5-6-3-1-2-4-7(6)9-10(8)18(20)17-16-9/h1-5,11,16-17,19-20H. The summed E-state index contributed by atoms with van der Waals surface area (Å²) in [4.78, 5) is 0. The van der Waals surface area contributed by atoms with Crippen molar-refractivity contribution in [2.75, 3.05) is 10.6 Å². The summed E-state index contributed by atoms with van der Waals surface area (Å²) in [7, 11) is 0. The maximum Gasteiger partial charge on any atom is 0.220 e. The first-order chi connectivity index (χ1) is 9.39. The predicted octanol–water partition coefficient (Wildman–Crippen LogP) is 3.28. The van der Waals surface area contributed by atoms with Gasteiger partial charge in [-0.05, 0) is 11.5 Å². The molecule has 0 saturated carbocycles. The van der Waals surface area contributed by atoms with Crippen LogP contribution in [0.25, 0.3) is 10.8 Å². The number of hydrogen-bond donors (Lipinski definition) is 4. The highest BCUT2D eigenvalue weighted by molar-refractivity contribution is 6.68. The second kappa shape index (κ2) is 4.80. The van der Waals surface area contributed by atoms with Gasteiger partial charge in [-0.2, -0.15) is 5.17 Å². The van der Waals surface area contributed by atoms with Crippen LogP contribution in [0, 0.1) is 0 Å². The van der Waals surface area contributed by atoms with E-state index in [0.29, 0.717) is 16.9 Å². The molecule has 1 aliphatic heterocycles. The summed E-state index contributed by atoms with van der Waals surface area (Å²) in [6.07, 6.45) is -1.39. The minimum atomic E-state index is -1.90. The molecule has 8 heteroatoms. The topological polar surface area (TPSA) is 67.8 Å². The van der Waals surface area contributed by atoms with Gasteiger partial charge in [0.1, 0.15) is 11.8 Å². The molecule has 0 saturated heterocycles. The van der Waals surface area contributed by atoms with Gasteiger partial charge in [0.05, 0.1) is 5.69 Å². The van der Waals surface area contributed by atoms with E-state index in [1.165, 1.54) is 0 Å². The van der Waals surface area contributed by atoms with Gasteiger partial charge in [-0.1, -0.05) is 59.1 Å². The van der Waals surface area contributed by atoms with Crippen LogP contribution in [0.2, 0.25) is 0 Å². The van der Waals surface area contributed by atoms with Crippen LogP contribution in [0.15, 0.2) is 30.3 Å². The van der Waals surface area contributed by atoms with E-state index >= 15 is 0 Å². The van der Waals surface area contributed by atoms with Crippen molar-refractivity contribution in [2.24, 2.45) is 0 Å². The summed E-state index contributed by atoms with van der Waals surface area (Å²) in [5.41, 5.74) is 6.58. The first kappa shape index (κ1) is 14.0. The normalized spacial score (nSPS) is 16.1. The Labute approximate surface area is 129 Å². The van der Waals surface area contributed by atoms with Crippen molar-refractivity contribution in [2.45, 2.75) is 9.90 Å². The number of halogens is 3. The third kappa shape index (κ3) is 2.16. The zero-order valence-corrected chi connectivity index (χ0v) is 12.2. The lowest BCUT2D eigenvalue weighted by Gasteiger charge is -2.23. The van der Waals surface area contributed by atoms with E-state index < -0.39 is 9.90 Å². The number of nitrogens with zero attached hydrogens (tertiary/aromatic N) is 1. The van der Waals surface area contributed by atoms with Crippen LogP contribution in [0.4, 0.5) is 11.4 Å². The highest BCUT2D eigenvalue weighted by atomic mass is 35.6. The van der Waals surface area contributed by atoms with Gasteiger partial charge in [0.25, 0.3) is 0 Å². The van der Waals surface area contributed by atoms with Crippen molar-refractivity contribution >= 4 is 57.0 Å². The Balaban J connectivity index is 2.30. The van der Waals surface area contributed by atoms with Gasteiger partial charge < -0.3 is 5.11 Å². The zero-order valence-electron chi connectivity index (χ0n) is 9.94. The van der Waals surface area contributed by atoms with Crippen LogP contribution < -0.4 is 16.1 Å². The molecule has 2 aromatic carbocycles. The van der Waals surface area contributed by atoms with Crippen molar-refractivity contribution < 1.29 is 10.3 Å². The Morgan fingerprint density at radius 1 is 1.20 bits per heavy atom. The molecular formula is C12H10Cl3N3O2. The van der Waals surface area contributed by atoms with Crippen molar-refractivity contribution in [1.29, 1.82) is 0 Å². The van der Waals surface area contributed by atoms with Gasteiger partial charge in [0.2, 0.25) is 3.79 Å². The molecule has 106 valence electrons. The summed E-state index contributed by atoms with van der Waals surface area (Å²) in [6.45, 7) is 0. The molecule has 4 N–H and O–H groups in total. The van der Waals surface area contributed by atoms with E-state index in [1.54, 1.807) is 6.07 Å². The number of benzene rings is 2. The summed E-state index contributed by atoms with van der Waals surface area (Å²) in [5, 5.41) is 22.5. The van der Waals surface area contributed by atoms with Crippen LogP contribution >= 0.6 is 34.8 Å². The van der Waals surface area contributed by atoms with Crippen molar-refractivity contribution in [3.63, 3.8) is 0 Å². The summed E-state index contributed by atoms with van der Waals surface area (Å²) < 4.78 is -1.90. The third-order valence-corrected chi connectivity index (χ3v) is 3.77. The Bertz CT molecular complexity index is 675.